The molecule has 0 aliphatic carbocycles. The van der Waals surface area contributed by atoms with Crippen LogP contribution >= 0.6 is 11.6 Å². The van der Waals surface area contributed by atoms with Gasteiger partial charge in [-0.05, 0) is 43.1 Å². The number of hydrogen-bond donors (Lipinski definition) is 3. The molecule has 2 amide bonds. The Morgan fingerprint density at radius 2 is 2.17 bits per heavy atom. The number of likely N-dealkylation sites (tertiary alicyclic amines) is 1. The van der Waals surface area contributed by atoms with Crippen molar-refractivity contribution in [2.75, 3.05) is 31.5 Å². The van der Waals surface area contributed by atoms with Crippen LogP contribution in [0.1, 0.15) is 30.1 Å². The van der Waals surface area contributed by atoms with Gasteiger partial charge in [-0.1, -0.05) is 18.5 Å². The maximum atomic E-state index is 12.0. The summed E-state index contributed by atoms with van der Waals surface area (Å²) in [4.78, 5) is 25.4. The molecule has 1 aromatic rings. The molecule has 7 heteroatoms. The van der Waals surface area contributed by atoms with Crippen LogP contribution in [0.2, 0.25) is 5.02 Å². The summed E-state index contributed by atoms with van der Waals surface area (Å²) >= 11 is 5.96. The van der Waals surface area contributed by atoms with E-state index in [4.69, 9.17) is 23.1 Å². The van der Waals surface area contributed by atoms with Gasteiger partial charge in [0.25, 0.3) is 0 Å². The van der Waals surface area contributed by atoms with E-state index in [1.807, 2.05) is 0 Å². The average Bonchev–Trinajstić information content (AvgIpc) is 2.87. The third kappa shape index (κ3) is 4.67. The van der Waals surface area contributed by atoms with Gasteiger partial charge in [0.15, 0.2) is 0 Å². The molecule has 126 valence electrons. The maximum absolute atomic E-state index is 12.0. The fourth-order valence-electron chi connectivity index (χ4n) is 2.76. The van der Waals surface area contributed by atoms with E-state index in [1.54, 1.807) is 6.07 Å². The Balaban J connectivity index is 1.84. The number of nitrogens with zero attached hydrogens (tertiary/aromatic N) is 1. The SMILES string of the molecule is CC1(CN)CCN(CCC(=O)Nc2ccc(C(N)=O)c(Cl)c2)C1. The van der Waals surface area contributed by atoms with Gasteiger partial charge in [0.05, 0.1) is 10.6 Å². The van der Waals surface area contributed by atoms with E-state index >= 15 is 0 Å². The van der Waals surface area contributed by atoms with Gasteiger partial charge in [-0.3, -0.25) is 9.59 Å². The Morgan fingerprint density at radius 1 is 1.43 bits per heavy atom. The topological polar surface area (TPSA) is 101 Å². The molecule has 1 unspecified atom stereocenters. The minimum Gasteiger partial charge on any atom is -0.366 e. The lowest BCUT2D eigenvalue weighted by molar-refractivity contribution is -0.116. The summed E-state index contributed by atoms with van der Waals surface area (Å²) in [6, 6.07) is 4.65. The summed E-state index contributed by atoms with van der Waals surface area (Å²) in [5.74, 6) is -0.681. The molecule has 0 aromatic heterocycles. The van der Waals surface area contributed by atoms with Crippen molar-refractivity contribution in [3.05, 3.63) is 28.8 Å². The fraction of sp³-hybridized carbons (Fsp3) is 0.500. The van der Waals surface area contributed by atoms with E-state index in [0.29, 0.717) is 25.2 Å². The second-order valence-corrected chi connectivity index (χ2v) is 6.81. The van der Waals surface area contributed by atoms with Gasteiger partial charge in [-0.2, -0.15) is 0 Å². The molecule has 1 fully saturated rings. The quantitative estimate of drug-likeness (QED) is 0.730. The number of rotatable bonds is 6. The van der Waals surface area contributed by atoms with E-state index in [9.17, 15) is 9.59 Å². The van der Waals surface area contributed by atoms with Crippen LogP contribution in [-0.2, 0) is 4.79 Å². The van der Waals surface area contributed by atoms with Crippen molar-refractivity contribution in [1.82, 2.24) is 4.90 Å². The lowest BCUT2D eigenvalue weighted by atomic mass is 9.90. The molecule has 0 saturated carbocycles. The highest BCUT2D eigenvalue weighted by Gasteiger charge is 2.32. The van der Waals surface area contributed by atoms with E-state index in [0.717, 1.165) is 19.5 Å². The Labute approximate surface area is 141 Å². The first-order valence-electron chi connectivity index (χ1n) is 7.65. The van der Waals surface area contributed by atoms with E-state index in [2.05, 4.69) is 17.1 Å². The van der Waals surface area contributed by atoms with Gasteiger partial charge in [0, 0.05) is 25.2 Å². The number of nitrogens with two attached hydrogens (primary N) is 2. The van der Waals surface area contributed by atoms with Gasteiger partial charge >= 0.3 is 0 Å². The molecule has 2 rings (SSSR count). The molecular weight excluding hydrogens is 316 g/mol. The number of benzene rings is 1. The highest BCUT2D eigenvalue weighted by atomic mass is 35.5. The molecule has 1 saturated heterocycles. The van der Waals surface area contributed by atoms with E-state index in [-0.39, 0.29) is 21.9 Å². The van der Waals surface area contributed by atoms with Crippen LogP contribution < -0.4 is 16.8 Å². The number of amides is 2. The minimum atomic E-state index is -0.593. The van der Waals surface area contributed by atoms with Crippen LogP contribution in [0.5, 0.6) is 0 Å². The largest absolute Gasteiger partial charge is 0.366 e. The van der Waals surface area contributed by atoms with Crippen LogP contribution in [-0.4, -0.2) is 42.9 Å². The Bertz CT molecular complexity index is 608. The van der Waals surface area contributed by atoms with Gasteiger partial charge in [-0.25, -0.2) is 0 Å². The zero-order chi connectivity index (χ0) is 17.0. The van der Waals surface area contributed by atoms with Crippen LogP contribution in [0.15, 0.2) is 18.2 Å². The second-order valence-electron chi connectivity index (χ2n) is 6.40. The van der Waals surface area contributed by atoms with Gasteiger partial charge < -0.3 is 21.7 Å². The molecule has 1 aliphatic heterocycles. The second kappa shape index (κ2) is 7.29. The monoisotopic (exact) mass is 338 g/mol. The van der Waals surface area contributed by atoms with Crippen molar-refractivity contribution in [1.29, 1.82) is 0 Å². The fourth-order valence-corrected chi connectivity index (χ4v) is 3.03. The number of primary amides is 1. The normalized spacial score (nSPS) is 21.3. The van der Waals surface area contributed by atoms with Crippen LogP contribution in [0.4, 0.5) is 5.69 Å². The first kappa shape index (κ1) is 17.7. The van der Waals surface area contributed by atoms with Crippen LogP contribution in [0.3, 0.4) is 0 Å². The third-order valence-corrected chi connectivity index (χ3v) is 4.62. The van der Waals surface area contributed by atoms with Gasteiger partial charge in [0.1, 0.15) is 0 Å². The Kier molecular flexibility index (Phi) is 5.62. The molecule has 0 radical (unpaired) electrons. The highest BCUT2D eigenvalue weighted by Crippen LogP contribution is 2.28. The molecule has 0 spiro atoms. The Morgan fingerprint density at radius 3 is 2.74 bits per heavy atom. The first-order chi connectivity index (χ1) is 10.8. The predicted molar refractivity (Wildman–Crippen MR) is 91.4 cm³/mol. The maximum Gasteiger partial charge on any atom is 0.250 e. The summed E-state index contributed by atoms with van der Waals surface area (Å²) in [6.07, 6.45) is 1.46. The summed E-state index contributed by atoms with van der Waals surface area (Å²) in [5, 5.41) is 3.01. The molecule has 1 heterocycles. The van der Waals surface area contributed by atoms with Crippen LogP contribution in [0.25, 0.3) is 0 Å². The average molecular weight is 339 g/mol. The molecule has 23 heavy (non-hydrogen) atoms. The lowest BCUT2D eigenvalue weighted by Gasteiger charge is -2.22. The predicted octanol–water partition coefficient (Wildman–Crippen LogP) is 1.44. The van der Waals surface area contributed by atoms with Gasteiger partial charge in [0.2, 0.25) is 11.8 Å². The molecule has 1 aliphatic rings. The van der Waals surface area contributed by atoms with Crippen molar-refractivity contribution in [2.45, 2.75) is 19.8 Å². The summed E-state index contributed by atoms with van der Waals surface area (Å²) in [6.45, 7) is 5.44. The minimum absolute atomic E-state index is 0.0887. The highest BCUT2D eigenvalue weighted by molar-refractivity contribution is 6.34. The molecular formula is C16H23ClN4O2. The molecule has 5 N–H and O–H groups in total. The molecule has 1 aromatic carbocycles. The summed E-state index contributed by atoms with van der Waals surface area (Å²) in [7, 11) is 0. The smallest absolute Gasteiger partial charge is 0.250 e. The third-order valence-electron chi connectivity index (χ3n) is 4.30. The van der Waals surface area contributed by atoms with Crippen molar-refractivity contribution < 1.29 is 9.59 Å². The zero-order valence-corrected chi connectivity index (χ0v) is 14.0. The molecule has 1 atom stereocenters. The van der Waals surface area contributed by atoms with Gasteiger partial charge in [-0.15, -0.1) is 0 Å². The number of nitrogens with one attached hydrogen (secondary N) is 1. The number of carbonyl (C=O) groups excluding carboxylic acids is 2. The Hall–Kier alpha value is -1.63. The summed E-state index contributed by atoms with van der Waals surface area (Å²) < 4.78 is 0. The standard InChI is InChI=1S/C16H23ClN4O2/c1-16(9-18)5-7-21(10-16)6-4-14(22)20-11-2-3-12(15(19)23)13(17)8-11/h2-3,8H,4-7,9-10,18H2,1H3,(H2,19,23)(H,20,22). The van der Waals surface area contributed by atoms with Crippen molar-refractivity contribution >= 4 is 29.1 Å². The first-order valence-corrected chi connectivity index (χ1v) is 8.02. The lowest BCUT2D eigenvalue weighted by Crippen LogP contribution is -2.32. The molecule has 6 nitrogen and oxygen atoms in total. The molecule has 0 bridgehead atoms. The van der Waals surface area contributed by atoms with Crippen molar-refractivity contribution in [2.24, 2.45) is 16.9 Å². The number of anilines is 1. The number of hydrogen-bond acceptors (Lipinski definition) is 4. The van der Waals surface area contributed by atoms with Crippen molar-refractivity contribution in [3.63, 3.8) is 0 Å². The number of halogens is 1. The summed E-state index contributed by atoms with van der Waals surface area (Å²) in [5.41, 5.74) is 11.9. The van der Waals surface area contributed by atoms with E-state index in [1.165, 1.54) is 12.1 Å². The zero-order valence-electron chi connectivity index (χ0n) is 13.3. The van der Waals surface area contributed by atoms with E-state index < -0.39 is 5.91 Å². The van der Waals surface area contributed by atoms with Crippen molar-refractivity contribution in [3.8, 4) is 0 Å². The van der Waals surface area contributed by atoms with Crippen LogP contribution in [0, 0.1) is 5.41 Å². The number of carbonyl (C=O) groups is 2.